The van der Waals surface area contributed by atoms with Gasteiger partial charge in [-0.25, -0.2) is 0 Å². The number of hydrogen-bond acceptors (Lipinski definition) is 3. The molecule has 0 aromatic rings. The Kier molecular flexibility index (Phi) is 7.54. The third-order valence-corrected chi connectivity index (χ3v) is 5.59. The molecule has 0 unspecified atom stereocenters. The molecule has 1 aliphatic carbocycles. The smallest absolute Gasteiger partial charge is 0.0233 e. The lowest BCUT2D eigenvalue weighted by Gasteiger charge is -2.39. The summed E-state index contributed by atoms with van der Waals surface area (Å²) >= 11 is 0. The Hall–Kier alpha value is -0.900. The van der Waals surface area contributed by atoms with Crippen molar-refractivity contribution in [2.45, 2.75) is 44.2 Å². The number of nitrogens with zero attached hydrogens (tertiary/aromatic N) is 3. The van der Waals surface area contributed by atoms with Crippen LogP contribution >= 0.6 is 0 Å². The molecular formula is C20H35N3. The minimum absolute atomic E-state index is 0.717. The van der Waals surface area contributed by atoms with Crippen molar-refractivity contribution in [3.63, 3.8) is 0 Å². The predicted octanol–water partition coefficient (Wildman–Crippen LogP) is 3.17. The zero-order valence-electron chi connectivity index (χ0n) is 15.2. The summed E-state index contributed by atoms with van der Waals surface area (Å²) in [7, 11) is 4.51. The second-order valence-electron chi connectivity index (χ2n) is 7.25. The molecule has 0 radical (unpaired) electrons. The lowest BCUT2D eigenvalue weighted by Crippen LogP contribution is -2.44. The molecule has 0 amide bonds. The van der Waals surface area contributed by atoms with Gasteiger partial charge in [0.25, 0.3) is 0 Å². The van der Waals surface area contributed by atoms with Gasteiger partial charge < -0.3 is 4.90 Å². The van der Waals surface area contributed by atoms with Gasteiger partial charge in [0.2, 0.25) is 0 Å². The number of rotatable bonds is 6. The Labute approximate surface area is 143 Å². The van der Waals surface area contributed by atoms with E-state index >= 15 is 0 Å². The molecule has 1 saturated carbocycles. The molecular weight excluding hydrogens is 282 g/mol. The van der Waals surface area contributed by atoms with E-state index in [1.807, 2.05) is 12.2 Å². The van der Waals surface area contributed by atoms with Crippen LogP contribution in [0.5, 0.6) is 0 Å². The molecule has 2 fully saturated rings. The molecule has 0 aromatic carbocycles. The zero-order valence-corrected chi connectivity index (χ0v) is 15.2. The second-order valence-corrected chi connectivity index (χ2v) is 7.25. The maximum Gasteiger partial charge on any atom is 0.0233 e. The lowest BCUT2D eigenvalue weighted by atomic mass is 9.89. The number of likely N-dealkylation sites (N-methyl/N-ethyl adjacent to an activating group) is 2. The first kappa shape index (κ1) is 18.4. The summed E-state index contributed by atoms with van der Waals surface area (Å²) in [5.41, 5.74) is 1.26. The summed E-state index contributed by atoms with van der Waals surface area (Å²) in [4.78, 5) is 7.73. The van der Waals surface area contributed by atoms with E-state index in [4.69, 9.17) is 0 Å². The molecule has 3 nitrogen and oxygen atoms in total. The van der Waals surface area contributed by atoms with Gasteiger partial charge >= 0.3 is 0 Å². The third kappa shape index (κ3) is 5.59. The van der Waals surface area contributed by atoms with Gasteiger partial charge in [0.1, 0.15) is 0 Å². The van der Waals surface area contributed by atoms with Gasteiger partial charge in [-0.3, -0.25) is 9.80 Å². The van der Waals surface area contributed by atoms with Gasteiger partial charge in [0.05, 0.1) is 0 Å². The Morgan fingerprint density at radius 3 is 2.48 bits per heavy atom. The molecule has 2 rings (SSSR count). The summed E-state index contributed by atoms with van der Waals surface area (Å²) < 4.78 is 0. The first-order valence-corrected chi connectivity index (χ1v) is 9.21. The van der Waals surface area contributed by atoms with Crippen LogP contribution in [0, 0.1) is 0 Å². The van der Waals surface area contributed by atoms with Crippen LogP contribution in [0.3, 0.4) is 0 Å². The molecule has 23 heavy (non-hydrogen) atoms. The summed E-state index contributed by atoms with van der Waals surface area (Å²) in [6.45, 7) is 13.7. The normalized spacial score (nSPS) is 28.6. The largest absolute Gasteiger partial charge is 0.305 e. The zero-order chi connectivity index (χ0) is 16.7. The highest BCUT2D eigenvalue weighted by atomic mass is 15.2. The quantitative estimate of drug-likeness (QED) is 0.697. The van der Waals surface area contributed by atoms with E-state index in [0.29, 0.717) is 6.04 Å². The number of hydrogen-bond donors (Lipinski definition) is 0. The van der Waals surface area contributed by atoms with Crippen molar-refractivity contribution in [2.24, 2.45) is 0 Å². The van der Waals surface area contributed by atoms with Crippen LogP contribution in [-0.4, -0.2) is 73.6 Å². The highest BCUT2D eigenvalue weighted by Crippen LogP contribution is 2.27. The molecule has 1 saturated heterocycles. The summed E-state index contributed by atoms with van der Waals surface area (Å²) in [6.07, 6.45) is 12.6. The molecule has 0 spiro atoms. The van der Waals surface area contributed by atoms with Crippen LogP contribution in [0.15, 0.2) is 37.0 Å². The molecule has 0 atom stereocenters. The first-order chi connectivity index (χ1) is 11.1. The van der Waals surface area contributed by atoms with E-state index in [9.17, 15) is 0 Å². The SMILES string of the molecule is C=C/C=C(\C=C)CN(C)C1CCC(N2CCCN(C)CC2)CC1. The van der Waals surface area contributed by atoms with Crippen molar-refractivity contribution in [3.05, 3.63) is 37.0 Å². The minimum atomic E-state index is 0.717. The molecule has 2 aliphatic rings. The summed E-state index contributed by atoms with van der Waals surface area (Å²) in [6, 6.07) is 1.53. The fourth-order valence-corrected chi connectivity index (χ4v) is 4.05. The molecule has 0 aromatic heterocycles. The van der Waals surface area contributed by atoms with Gasteiger partial charge in [-0.15, -0.1) is 0 Å². The van der Waals surface area contributed by atoms with Crippen LogP contribution in [0.25, 0.3) is 0 Å². The highest BCUT2D eigenvalue weighted by Gasteiger charge is 2.28. The topological polar surface area (TPSA) is 9.72 Å². The number of allylic oxidation sites excluding steroid dienone is 2. The van der Waals surface area contributed by atoms with E-state index in [2.05, 4.69) is 48.0 Å². The monoisotopic (exact) mass is 317 g/mol. The molecule has 130 valence electrons. The van der Waals surface area contributed by atoms with E-state index in [-0.39, 0.29) is 0 Å². The summed E-state index contributed by atoms with van der Waals surface area (Å²) in [5.74, 6) is 0. The fourth-order valence-electron chi connectivity index (χ4n) is 4.05. The Morgan fingerprint density at radius 2 is 1.83 bits per heavy atom. The predicted molar refractivity (Wildman–Crippen MR) is 101 cm³/mol. The standard InChI is InChI=1S/C20H35N3/c1-5-8-18(6-2)17-22(4)19-9-11-20(12-10-19)23-14-7-13-21(3)15-16-23/h5-6,8,19-20H,1-2,7,9-17H2,3-4H3/b18-8+. The van der Waals surface area contributed by atoms with Crippen molar-refractivity contribution < 1.29 is 0 Å². The lowest BCUT2D eigenvalue weighted by molar-refractivity contribution is 0.115. The van der Waals surface area contributed by atoms with Gasteiger partial charge in [-0.05, 0) is 64.9 Å². The van der Waals surface area contributed by atoms with Gasteiger partial charge in [-0.2, -0.15) is 0 Å². The van der Waals surface area contributed by atoms with Crippen molar-refractivity contribution in [3.8, 4) is 0 Å². The van der Waals surface area contributed by atoms with E-state index in [1.54, 1.807) is 0 Å². The van der Waals surface area contributed by atoms with Crippen molar-refractivity contribution in [1.82, 2.24) is 14.7 Å². The van der Waals surface area contributed by atoms with Crippen LogP contribution in [-0.2, 0) is 0 Å². The van der Waals surface area contributed by atoms with E-state index in [0.717, 1.165) is 12.6 Å². The fraction of sp³-hybridized carbons (Fsp3) is 0.700. The summed E-state index contributed by atoms with van der Waals surface area (Å²) in [5, 5.41) is 0. The minimum Gasteiger partial charge on any atom is -0.305 e. The van der Waals surface area contributed by atoms with Gasteiger partial charge in [0.15, 0.2) is 0 Å². The van der Waals surface area contributed by atoms with Crippen molar-refractivity contribution in [2.75, 3.05) is 46.8 Å². The molecule has 1 aliphatic heterocycles. The average Bonchev–Trinajstić information content (AvgIpc) is 2.79. The van der Waals surface area contributed by atoms with Crippen LogP contribution in [0.4, 0.5) is 0 Å². The third-order valence-electron chi connectivity index (χ3n) is 5.59. The molecule has 3 heteroatoms. The van der Waals surface area contributed by atoms with Gasteiger partial charge in [-0.1, -0.05) is 31.4 Å². The van der Waals surface area contributed by atoms with Gasteiger partial charge in [0, 0.05) is 31.7 Å². The van der Waals surface area contributed by atoms with E-state index in [1.165, 1.54) is 63.9 Å². The Morgan fingerprint density at radius 1 is 1.09 bits per heavy atom. The average molecular weight is 318 g/mol. The molecule has 0 N–H and O–H groups in total. The maximum atomic E-state index is 3.91. The first-order valence-electron chi connectivity index (χ1n) is 9.21. The van der Waals surface area contributed by atoms with Crippen LogP contribution in [0.2, 0.25) is 0 Å². The molecule has 1 heterocycles. The Bertz CT molecular complexity index is 407. The highest BCUT2D eigenvalue weighted by molar-refractivity contribution is 5.22. The van der Waals surface area contributed by atoms with Crippen LogP contribution in [0.1, 0.15) is 32.1 Å². The molecule has 0 bridgehead atoms. The van der Waals surface area contributed by atoms with Crippen molar-refractivity contribution >= 4 is 0 Å². The second kappa shape index (κ2) is 9.41. The Balaban J connectivity index is 1.79. The maximum absolute atomic E-state index is 3.91. The van der Waals surface area contributed by atoms with Crippen LogP contribution < -0.4 is 0 Å². The van der Waals surface area contributed by atoms with Crippen molar-refractivity contribution in [1.29, 1.82) is 0 Å². The van der Waals surface area contributed by atoms with E-state index < -0.39 is 0 Å².